The standard InChI is InChI=1S/C13H14BrN5S/c1-3-10-8(6-18(2)17-10)7-19-12-11(16-13(19)20)4-9(14)5-15-12/h4-6H,3,7H2,1-2H3,(H,16,20). The number of nitrogens with one attached hydrogen (secondary N) is 1. The molecule has 0 aromatic carbocycles. The molecule has 20 heavy (non-hydrogen) atoms. The van der Waals surface area contributed by atoms with E-state index in [1.807, 2.05) is 28.6 Å². The van der Waals surface area contributed by atoms with E-state index in [0.29, 0.717) is 11.3 Å². The molecule has 0 unspecified atom stereocenters. The number of imidazole rings is 1. The van der Waals surface area contributed by atoms with Gasteiger partial charge in [0.1, 0.15) is 0 Å². The fourth-order valence-corrected chi connectivity index (χ4v) is 2.94. The summed E-state index contributed by atoms with van der Waals surface area (Å²) in [6.45, 7) is 2.79. The van der Waals surface area contributed by atoms with Crippen molar-refractivity contribution in [3.05, 3.63) is 39.0 Å². The molecule has 0 atom stereocenters. The Morgan fingerprint density at radius 3 is 3.00 bits per heavy atom. The number of hydrogen-bond acceptors (Lipinski definition) is 3. The van der Waals surface area contributed by atoms with Gasteiger partial charge in [-0.25, -0.2) is 4.98 Å². The van der Waals surface area contributed by atoms with Crippen molar-refractivity contribution in [2.45, 2.75) is 19.9 Å². The molecule has 0 radical (unpaired) electrons. The average molecular weight is 352 g/mol. The van der Waals surface area contributed by atoms with Gasteiger partial charge in [0.05, 0.1) is 17.8 Å². The third kappa shape index (κ3) is 2.31. The molecule has 0 aliphatic heterocycles. The number of aromatic amines is 1. The Hall–Kier alpha value is -1.47. The van der Waals surface area contributed by atoms with E-state index in [4.69, 9.17) is 12.2 Å². The zero-order valence-electron chi connectivity index (χ0n) is 11.2. The van der Waals surface area contributed by atoms with Gasteiger partial charge < -0.3 is 4.98 Å². The molecule has 0 saturated heterocycles. The zero-order chi connectivity index (χ0) is 14.3. The van der Waals surface area contributed by atoms with Crippen LogP contribution in [-0.2, 0) is 20.0 Å². The molecule has 0 amide bonds. The molecule has 1 N–H and O–H groups in total. The van der Waals surface area contributed by atoms with Crippen LogP contribution in [0.3, 0.4) is 0 Å². The first kappa shape index (κ1) is 13.5. The minimum atomic E-state index is 0.677. The van der Waals surface area contributed by atoms with E-state index in [1.54, 1.807) is 6.20 Å². The van der Waals surface area contributed by atoms with Crippen molar-refractivity contribution >= 4 is 39.3 Å². The molecule has 3 heterocycles. The highest BCUT2D eigenvalue weighted by Gasteiger charge is 2.11. The number of fused-ring (bicyclic) bond motifs is 1. The molecular formula is C13H14BrN5S. The van der Waals surface area contributed by atoms with Crippen LogP contribution in [0.15, 0.2) is 22.9 Å². The van der Waals surface area contributed by atoms with Gasteiger partial charge in [-0.15, -0.1) is 0 Å². The Labute approximate surface area is 129 Å². The largest absolute Gasteiger partial charge is 0.329 e. The molecule has 3 aromatic heterocycles. The van der Waals surface area contributed by atoms with Crippen LogP contribution in [0.25, 0.3) is 11.2 Å². The molecule has 7 heteroatoms. The summed E-state index contributed by atoms with van der Waals surface area (Å²) in [6, 6.07) is 1.98. The second-order valence-corrected chi connectivity index (χ2v) is 5.97. The fourth-order valence-electron chi connectivity index (χ4n) is 2.35. The maximum atomic E-state index is 5.41. The molecule has 0 saturated carbocycles. The molecule has 0 aliphatic carbocycles. The first-order chi connectivity index (χ1) is 9.58. The fraction of sp³-hybridized carbons (Fsp3) is 0.308. The van der Waals surface area contributed by atoms with Gasteiger partial charge in [-0.1, -0.05) is 6.92 Å². The summed E-state index contributed by atoms with van der Waals surface area (Å²) in [5, 5.41) is 4.46. The number of pyridine rings is 1. The van der Waals surface area contributed by atoms with Crippen LogP contribution in [0, 0.1) is 4.77 Å². The monoisotopic (exact) mass is 351 g/mol. The third-order valence-electron chi connectivity index (χ3n) is 3.23. The second-order valence-electron chi connectivity index (χ2n) is 4.67. The van der Waals surface area contributed by atoms with Gasteiger partial charge in [0.15, 0.2) is 10.4 Å². The number of nitrogens with zero attached hydrogens (tertiary/aromatic N) is 4. The highest BCUT2D eigenvalue weighted by atomic mass is 79.9. The van der Waals surface area contributed by atoms with E-state index in [1.165, 1.54) is 5.56 Å². The van der Waals surface area contributed by atoms with Crippen molar-refractivity contribution in [2.75, 3.05) is 0 Å². The minimum absolute atomic E-state index is 0.677. The van der Waals surface area contributed by atoms with Crippen molar-refractivity contribution in [1.82, 2.24) is 24.3 Å². The molecule has 104 valence electrons. The number of aryl methyl sites for hydroxylation is 2. The van der Waals surface area contributed by atoms with E-state index in [0.717, 1.165) is 27.8 Å². The van der Waals surface area contributed by atoms with Crippen LogP contribution in [0.5, 0.6) is 0 Å². The highest BCUT2D eigenvalue weighted by molar-refractivity contribution is 9.10. The third-order valence-corrected chi connectivity index (χ3v) is 3.99. The minimum Gasteiger partial charge on any atom is -0.329 e. The van der Waals surface area contributed by atoms with Crippen molar-refractivity contribution in [3.8, 4) is 0 Å². The van der Waals surface area contributed by atoms with Crippen molar-refractivity contribution in [1.29, 1.82) is 0 Å². The molecule has 0 aliphatic rings. The summed E-state index contributed by atoms with van der Waals surface area (Å²) in [5.41, 5.74) is 4.08. The Bertz CT molecular complexity index is 829. The first-order valence-electron chi connectivity index (χ1n) is 6.34. The van der Waals surface area contributed by atoms with Crippen molar-refractivity contribution in [3.63, 3.8) is 0 Å². The summed E-state index contributed by atoms with van der Waals surface area (Å²) in [5.74, 6) is 0. The lowest BCUT2D eigenvalue weighted by atomic mass is 10.2. The van der Waals surface area contributed by atoms with Crippen LogP contribution in [0.4, 0.5) is 0 Å². The molecule has 5 nitrogen and oxygen atoms in total. The van der Waals surface area contributed by atoms with Crippen molar-refractivity contribution < 1.29 is 0 Å². The number of halogens is 1. The van der Waals surface area contributed by atoms with E-state index in [9.17, 15) is 0 Å². The summed E-state index contributed by atoms with van der Waals surface area (Å²) in [4.78, 5) is 7.64. The van der Waals surface area contributed by atoms with Gasteiger partial charge in [0, 0.05) is 29.5 Å². The lowest BCUT2D eigenvalue weighted by molar-refractivity contribution is 0.746. The Morgan fingerprint density at radius 2 is 2.25 bits per heavy atom. The van der Waals surface area contributed by atoms with Gasteiger partial charge in [-0.05, 0) is 40.6 Å². The van der Waals surface area contributed by atoms with Crippen LogP contribution >= 0.6 is 28.1 Å². The predicted molar refractivity (Wildman–Crippen MR) is 84.3 cm³/mol. The number of rotatable bonds is 3. The molecule has 3 rings (SSSR count). The van der Waals surface area contributed by atoms with Crippen LogP contribution < -0.4 is 0 Å². The van der Waals surface area contributed by atoms with Gasteiger partial charge in [0.2, 0.25) is 0 Å². The summed E-state index contributed by atoms with van der Waals surface area (Å²) in [6.07, 6.45) is 4.73. The lowest BCUT2D eigenvalue weighted by Crippen LogP contribution is -2.02. The lowest BCUT2D eigenvalue weighted by Gasteiger charge is -2.03. The van der Waals surface area contributed by atoms with Gasteiger partial charge in [0.25, 0.3) is 0 Å². The number of H-pyrrole nitrogens is 1. The van der Waals surface area contributed by atoms with Crippen LogP contribution in [0.1, 0.15) is 18.2 Å². The molecule has 0 bridgehead atoms. The van der Waals surface area contributed by atoms with Crippen LogP contribution in [0.2, 0.25) is 0 Å². The van der Waals surface area contributed by atoms with E-state index in [-0.39, 0.29) is 0 Å². The molecule has 3 aromatic rings. The maximum absolute atomic E-state index is 5.41. The van der Waals surface area contributed by atoms with Gasteiger partial charge >= 0.3 is 0 Å². The van der Waals surface area contributed by atoms with E-state index >= 15 is 0 Å². The van der Waals surface area contributed by atoms with Crippen LogP contribution in [-0.4, -0.2) is 24.3 Å². The quantitative estimate of drug-likeness (QED) is 0.737. The Morgan fingerprint density at radius 1 is 1.45 bits per heavy atom. The predicted octanol–water partition coefficient (Wildman–Crippen LogP) is 3.20. The average Bonchev–Trinajstić information content (AvgIpc) is 2.90. The van der Waals surface area contributed by atoms with Crippen molar-refractivity contribution in [2.24, 2.45) is 7.05 Å². The molecule has 0 spiro atoms. The zero-order valence-corrected chi connectivity index (χ0v) is 13.6. The Kier molecular flexibility index (Phi) is 3.47. The second kappa shape index (κ2) is 5.14. The SMILES string of the molecule is CCc1nn(C)cc1Cn1c(=S)[nH]c2cc(Br)cnc21. The molecular weight excluding hydrogens is 338 g/mol. The maximum Gasteiger partial charge on any atom is 0.179 e. The highest BCUT2D eigenvalue weighted by Crippen LogP contribution is 2.19. The van der Waals surface area contributed by atoms with E-state index in [2.05, 4.69) is 37.9 Å². The summed E-state index contributed by atoms with van der Waals surface area (Å²) < 4.78 is 5.46. The topological polar surface area (TPSA) is 51.4 Å². The number of aromatic nitrogens is 5. The number of hydrogen-bond donors (Lipinski definition) is 1. The first-order valence-corrected chi connectivity index (χ1v) is 7.54. The van der Waals surface area contributed by atoms with Gasteiger partial charge in [-0.2, -0.15) is 5.10 Å². The summed E-state index contributed by atoms with van der Waals surface area (Å²) >= 11 is 8.83. The van der Waals surface area contributed by atoms with E-state index < -0.39 is 0 Å². The van der Waals surface area contributed by atoms with Gasteiger partial charge in [-0.3, -0.25) is 9.25 Å². The smallest absolute Gasteiger partial charge is 0.179 e. The summed E-state index contributed by atoms with van der Waals surface area (Å²) in [7, 11) is 1.94. The molecule has 0 fully saturated rings. The normalized spacial score (nSPS) is 11.3. The Balaban J connectivity index is 2.10.